The number of benzene rings is 3. The molecule has 0 spiro atoms. The largest absolute Gasteiger partial charge is 0.297 e. The van der Waals surface area contributed by atoms with E-state index in [1.807, 2.05) is 12.1 Å². The van der Waals surface area contributed by atoms with Gasteiger partial charge in [-0.05, 0) is 78.9 Å². The molecule has 1 atom stereocenters. The van der Waals surface area contributed by atoms with Gasteiger partial charge in [0.2, 0.25) is 0 Å². The van der Waals surface area contributed by atoms with Crippen LogP contribution < -0.4 is 0 Å². The van der Waals surface area contributed by atoms with Crippen molar-refractivity contribution >= 4 is 23.2 Å². The highest BCUT2D eigenvalue weighted by molar-refractivity contribution is 6.35. The summed E-state index contributed by atoms with van der Waals surface area (Å²) in [6.45, 7) is 4.75. The van der Waals surface area contributed by atoms with Crippen LogP contribution in [0.3, 0.4) is 0 Å². The van der Waals surface area contributed by atoms with Gasteiger partial charge in [-0.1, -0.05) is 71.7 Å². The molecule has 0 amide bonds. The lowest BCUT2D eigenvalue weighted by molar-refractivity contribution is 0.263. The Morgan fingerprint density at radius 1 is 0.667 bits per heavy atom. The van der Waals surface area contributed by atoms with E-state index >= 15 is 0 Å². The zero-order valence-corrected chi connectivity index (χ0v) is 17.0. The van der Waals surface area contributed by atoms with E-state index in [1.165, 1.54) is 42.6 Å². The van der Waals surface area contributed by atoms with Crippen molar-refractivity contribution in [2.45, 2.75) is 25.8 Å². The van der Waals surface area contributed by atoms with Crippen LogP contribution in [0.1, 0.15) is 31.4 Å². The number of nitrogens with zero attached hydrogens (tertiary/aromatic N) is 1. The molecule has 0 saturated carbocycles. The second-order valence-electron chi connectivity index (χ2n) is 7.28. The van der Waals surface area contributed by atoms with Gasteiger partial charge < -0.3 is 0 Å². The highest BCUT2D eigenvalue weighted by Gasteiger charge is 2.19. The van der Waals surface area contributed by atoms with Crippen molar-refractivity contribution in [1.29, 1.82) is 0 Å². The van der Waals surface area contributed by atoms with Gasteiger partial charge in [0.25, 0.3) is 0 Å². The Balaban J connectivity index is 1.53. The zero-order valence-electron chi connectivity index (χ0n) is 15.5. The first-order chi connectivity index (χ1) is 13.1. The monoisotopic (exact) mass is 395 g/mol. The van der Waals surface area contributed by atoms with E-state index in [1.54, 1.807) is 6.07 Å². The Hall–Kier alpha value is -1.80. The topological polar surface area (TPSA) is 3.24 Å². The SMILES string of the molecule is CC(c1ccc(-c2ccc(-c3cc(Cl)cc(Cl)c3)cc2)cc1)N1CCCC1. The fourth-order valence-electron chi connectivity index (χ4n) is 3.87. The lowest BCUT2D eigenvalue weighted by Gasteiger charge is -2.24. The maximum atomic E-state index is 6.13. The Morgan fingerprint density at radius 2 is 1.11 bits per heavy atom. The fourth-order valence-corrected chi connectivity index (χ4v) is 4.40. The molecule has 1 aliphatic rings. The average molecular weight is 396 g/mol. The van der Waals surface area contributed by atoms with Gasteiger partial charge in [0.15, 0.2) is 0 Å². The van der Waals surface area contributed by atoms with E-state index in [2.05, 4.69) is 60.4 Å². The molecule has 1 unspecified atom stereocenters. The van der Waals surface area contributed by atoms with Crippen molar-refractivity contribution in [2.24, 2.45) is 0 Å². The van der Waals surface area contributed by atoms with Crippen LogP contribution in [0.15, 0.2) is 66.7 Å². The van der Waals surface area contributed by atoms with Crippen molar-refractivity contribution < 1.29 is 0 Å². The predicted octanol–water partition coefficient (Wildman–Crippen LogP) is 7.48. The fraction of sp³-hybridized carbons (Fsp3) is 0.250. The van der Waals surface area contributed by atoms with Crippen LogP contribution in [-0.4, -0.2) is 18.0 Å². The summed E-state index contributed by atoms with van der Waals surface area (Å²) in [5.41, 5.74) is 6.00. The summed E-state index contributed by atoms with van der Waals surface area (Å²) in [6.07, 6.45) is 2.65. The number of hydrogen-bond donors (Lipinski definition) is 0. The molecule has 0 N–H and O–H groups in total. The van der Waals surface area contributed by atoms with Gasteiger partial charge in [-0.25, -0.2) is 0 Å². The molecule has 1 aliphatic heterocycles. The second kappa shape index (κ2) is 8.06. The van der Waals surface area contributed by atoms with Crippen molar-refractivity contribution in [1.82, 2.24) is 4.90 Å². The maximum Gasteiger partial charge on any atom is 0.0426 e. The standard InChI is InChI=1S/C24H23Cl2N/c1-17(27-12-2-3-13-27)18-4-6-19(7-5-18)20-8-10-21(11-9-20)22-14-23(25)16-24(26)15-22/h4-11,14-17H,2-3,12-13H2,1H3. The lowest BCUT2D eigenvalue weighted by atomic mass is 9.98. The van der Waals surface area contributed by atoms with E-state index in [0.717, 1.165) is 11.1 Å². The summed E-state index contributed by atoms with van der Waals surface area (Å²) in [5.74, 6) is 0. The first-order valence-corrected chi connectivity index (χ1v) is 10.3. The normalized spacial score (nSPS) is 15.8. The van der Waals surface area contributed by atoms with Crippen LogP contribution >= 0.6 is 23.2 Å². The van der Waals surface area contributed by atoms with Gasteiger partial charge in [0.05, 0.1) is 0 Å². The number of halogens is 2. The summed E-state index contributed by atoms with van der Waals surface area (Å²) < 4.78 is 0. The van der Waals surface area contributed by atoms with Crippen molar-refractivity contribution in [3.8, 4) is 22.3 Å². The van der Waals surface area contributed by atoms with Crippen LogP contribution in [0.25, 0.3) is 22.3 Å². The molecule has 1 saturated heterocycles. The first kappa shape index (κ1) is 18.6. The second-order valence-corrected chi connectivity index (χ2v) is 8.15. The van der Waals surface area contributed by atoms with Crippen LogP contribution in [0.5, 0.6) is 0 Å². The molecule has 27 heavy (non-hydrogen) atoms. The average Bonchev–Trinajstić information content (AvgIpc) is 3.22. The van der Waals surface area contributed by atoms with Crippen LogP contribution in [0.2, 0.25) is 10.0 Å². The molecule has 0 bridgehead atoms. The summed E-state index contributed by atoms with van der Waals surface area (Å²) in [7, 11) is 0. The summed E-state index contributed by atoms with van der Waals surface area (Å²) in [6, 6.07) is 23.7. The van der Waals surface area contributed by atoms with Gasteiger partial charge in [0, 0.05) is 16.1 Å². The molecule has 1 nitrogen and oxygen atoms in total. The molecule has 1 fully saturated rings. The lowest BCUT2D eigenvalue weighted by Crippen LogP contribution is -2.23. The van der Waals surface area contributed by atoms with E-state index < -0.39 is 0 Å². The third kappa shape index (κ3) is 4.21. The molecular weight excluding hydrogens is 373 g/mol. The van der Waals surface area contributed by atoms with Gasteiger partial charge in [-0.15, -0.1) is 0 Å². The Bertz CT molecular complexity index is 890. The van der Waals surface area contributed by atoms with Crippen LogP contribution in [0.4, 0.5) is 0 Å². The minimum atomic E-state index is 0.497. The highest BCUT2D eigenvalue weighted by atomic mass is 35.5. The molecule has 3 aromatic carbocycles. The van der Waals surface area contributed by atoms with Crippen LogP contribution in [0, 0.1) is 0 Å². The van der Waals surface area contributed by atoms with Crippen molar-refractivity contribution in [3.05, 3.63) is 82.3 Å². The van der Waals surface area contributed by atoms with Crippen molar-refractivity contribution in [3.63, 3.8) is 0 Å². The maximum absolute atomic E-state index is 6.13. The van der Waals surface area contributed by atoms with Gasteiger partial charge in [-0.2, -0.15) is 0 Å². The predicted molar refractivity (Wildman–Crippen MR) is 117 cm³/mol. The third-order valence-electron chi connectivity index (χ3n) is 5.50. The molecule has 4 rings (SSSR count). The molecule has 138 valence electrons. The van der Waals surface area contributed by atoms with Gasteiger partial charge in [-0.3, -0.25) is 4.90 Å². The Kier molecular flexibility index (Phi) is 5.54. The van der Waals surface area contributed by atoms with Gasteiger partial charge >= 0.3 is 0 Å². The Morgan fingerprint density at radius 3 is 1.63 bits per heavy atom. The van der Waals surface area contributed by atoms with E-state index in [4.69, 9.17) is 23.2 Å². The minimum absolute atomic E-state index is 0.497. The molecule has 3 heteroatoms. The smallest absolute Gasteiger partial charge is 0.0426 e. The zero-order chi connectivity index (χ0) is 18.8. The van der Waals surface area contributed by atoms with E-state index in [9.17, 15) is 0 Å². The Labute approximate surface area is 171 Å². The first-order valence-electron chi connectivity index (χ1n) is 9.51. The van der Waals surface area contributed by atoms with Crippen LogP contribution in [-0.2, 0) is 0 Å². The van der Waals surface area contributed by atoms with E-state index in [-0.39, 0.29) is 0 Å². The summed E-state index contributed by atoms with van der Waals surface area (Å²) >= 11 is 12.3. The minimum Gasteiger partial charge on any atom is -0.297 e. The molecular formula is C24H23Cl2N. The summed E-state index contributed by atoms with van der Waals surface area (Å²) in [5, 5.41) is 1.31. The number of hydrogen-bond acceptors (Lipinski definition) is 1. The van der Waals surface area contributed by atoms with E-state index in [0.29, 0.717) is 16.1 Å². The number of likely N-dealkylation sites (tertiary alicyclic amines) is 1. The molecule has 0 aliphatic carbocycles. The molecule has 0 aromatic heterocycles. The third-order valence-corrected chi connectivity index (χ3v) is 5.93. The van der Waals surface area contributed by atoms with Gasteiger partial charge in [0.1, 0.15) is 0 Å². The molecule has 0 radical (unpaired) electrons. The molecule has 1 heterocycles. The van der Waals surface area contributed by atoms with Crippen molar-refractivity contribution in [2.75, 3.05) is 13.1 Å². The molecule has 3 aromatic rings. The number of rotatable bonds is 4. The quantitative estimate of drug-likeness (QED) is 0.442. The highest BCUT2D eigenvalue weighted by Crippen LogP contribution is 2.30. The summed E-state index contributed by atoms with van der Waals surface area (Å²) in [4.78, 5) is 2.57.